The Morgan fingerprint density at radius 3 is 2.82 bits per heavy atom. The minimum absolute atomic E-state index is 0. The molecule has 1 aliphatic rings. The van der Waals surface area contributed by atoms with Crippen LogP contribution in [0.4, 0.5) is 0 Å². The van der Waals surface area contributed by atoms with E-state index in [1.807, 2.05) is 14.0 Å². The van der Waals surface area contributed by atoms with Crippen molar-refractivity contribution in [1.29, 1.82) is 0 Å². The predicted molar refractivity (Wildman–Crippen MR) is 85.9 cm³/mol. The largest absolute Gasteiger partial charge is 0.355 e. The van der Waals surface area contributed by atoms with Gasteiger partial charge in [0, 0.05) is 38.9 Å². The highest BCUT2D eigenvalue weighted by Gasteiger charge is 2.29. The van der Waals surface area contributed by atoms with E-state index in [2.05, 4.69) is 10.4 Å². The highest BCUT2D eigenvalue weighted by atomic mass is 35.5. The molecule has 0 saturated carbocycles. The first-order valence-electron chi connectivity index (χ1n) is 7.30. The number of likely N-dealkylation sites (tertiary alicyclic amines) is 1. The van der Waals surface area contributed by atoms with Gasteiger partial charge in [0.25, 0.3) is 5.91 Å². The highest BCUT2D eigenvalue weighted by molar-refractivity contribution is 5.93. The van der Waals surface area contributed by atoms with E-state index in [0.717, 1.165) is 18.5 Å². The van der Waals surface area contributed by atoms with Gasteiger partial charge in [-0.25, -0.2) is 0 Å². The van der Waals surface area contributed by atoms with E-state index in [-0.39, 0.29) is 30.1 Å². The van der Waals surface area contributed by atoms with Crippen LogP contribution in [0.2, 0.25) is 0 Å². The van der Waals surface area contributed by atoms with Crippen molar-refractivity contribution in [3.63, 3.8) is 0 Å². The summed E-state index contributed by atoms with van der Waals surface area (Å²) < 4.78 is 1.68. The second-order valence-electron chi connectivity index (χ2n) is 5.46. The Labute approximate surface area is 136 Å². The van der Waals surface area contributed by atoms with E-state index >= 15 is 0 Å². The molecule has 0 aliphatic carbocycles. The number of nitrogens with zero attached hydrogens (tertiary/aromatic N) is 3. The van der Waals surface area contributed by atoms with Crippen LogP contribution in [0.3, 0.4) is 0 Å². The predicted octanol–water partition coefficient (Wildman–Crippen LogP) is 0.0774. The Morgan fingerprint density at radius 2 is 2.23 bits per heavy atom. The Bertz CT molecular complexity index is 512. The summed E-state index contributed by atoms with van der Waals surface area (Å²) in [5.74, 6) is -0.274. The summed E-state index contributed by atoms with van der Waals surface area (Å²) in [4.78, 5) is 26.2. The van der Waals surface area contributed by atoms with Gasteiger partial charge in [0.1, 0.15) is 0 Å². The number of piperidine rings is 1. The molecule has 1 atom stereocenters. The van der Waals surface area contributed by atoms with Crippen LogP contribution in [0.25, 0.3) is 0 Å². The molecule has 1 fully saturated rings. The van der Waals surface area contributed by atoms with Gasteiger partial charge in [0.2, 0.25) is 5.91 Å². The fourth-order valence-corrected chi connectivity index (χ4v) is 2.54. The van der Waals surface area contributed by atoms with Crippen LogP contribution >= 0.6 is 12.4 Å². The zero-order valence-corrected chi connectivity index (χ0v) is 13.9. The molecule has 0 aromatic carbocycles. The van der Waals surface area contributed by atoms with Crippen molar-refractivity contribution in [3.05, 3.63) is 17.5 Å². The number of amides is 2. The van der Waals surface area contributed by atoms with E-state index in [0.29, 0.717) is 31.9 Å². The lowest BCUT2D eigenvalue weighted by atomic mass is 9.97. The number of nitrogens with one attached hydrogen (secondary N) is 1. The summed E-state index contributed by atoms with van der Waals surface area (Å²) in [7, 11) is 1.81. The molecule has 3 N–H and O–H groups in total. The lowest BCUT2D eigenvalue weighted by Gasteiger charge is -2.31. The SMILES string of the molecule is Cc1cc(C(=O)N2CCCC(C(=O)NCCN)C2)nn1C.Cl. The lowest BCUT2D eigenvalue weighted by molar-refractivity contribution is -0.126. The summed E-state index contributed by atoms with van der Waals surface area (Å²) in [5.41, 5.74) is 6.76. The Morgan fingerprint density at radius 1 is 1.50 bits per heavy atom. The first-order valence-corrected chi connectivity index (χ1v) is 7.30. The fraction of sp³-hybridized carbons (Fsp3) is 0.643. The van der Waals surface area contributed by atoms with Crippen molar-refractivity contribution >= 4 is 24.2 Å². The molecule has 1 aliphatic heterocycles. The molecule has 1 aromatic heterocycles. The van der Waals surface area contributed by atoms with Crippen molar-refractivity contribution in [3.8, 4) is 0 Å². The topological polar surface area (TPSA) is 93.2 Å². The van der Waals surface area contributed by atoms with Gasteiger partial charge in [-0.2, -0.15) is 5.10 Å². The van der Waals surface area contributed by atoms with Crippen LogP contribution in [-0.2, 0) is 11.8 Å². The van der Waals surface area contributed by atoms with Crippen molar-refractivity contribution in [2.24, 2.45) is 18.7 Å². The summed E-state index contributed by atoms with van der Waals surface area (Å²) >= 11 is 0. The second-order valence-corrected chi connectivity index (χ2v) is 5.46. The van der Waals surface area contributed by atoms with Crippen LogP contribution in [0, 0.1) is 12.8 Å². The molecule has 0 bridgehead atoms. The third-order valence-electron chi connectivity index (χ3n) is 3.86. The number of carbonyl (C=O) groups excluding carboxylic acids is 2. The first kappa shape index (κ1) is 18.4. The smallest absolute Gasteiger partial charge is 0.274 e. The maximum absolute atomic E-state index is 12.4. The number of hydrogen-bond donors (Lipinski definition) is 2. The van der Waals surface area contributed by atoms with Crippen LogP contribution in [-0.4, -0.2) is 52.7 Å². The minimum Gasteiger partial charge on any atom is -0.355 e. The maximum atomic E-state index is 12.4. The number of carbonyl (C=O) groups is 2. The van der Waals surface area contributed by atoms with Gasteiger partial charge in [-0.1, -0.05) is 0 Å². The molecule has 7 nitrogen and oxygen atoms in total. The maximum Gasteiger partial charge on any atom is 0.274 e. The summed E-state index contributed by atoms with van der Waals surface area (Å²) in [5, 5.41) is 7.01. The van der Waals surface area contributed by atoms with E-state index in [4.69, 9.17) is 5.73 Å². The highest BCUT2D eigenvalue weighted by Crippen LogP contribution is 2.18. The number of nitrogens with two attached hydrogens (primary N) is 1. The lowest BCUT2D eigenvalue weighted by Crippen LogP contribution is -2.46. The molecule has 124 valence electrons. The standard InChI is InChI=1S/C14H23N5O2.ClH/c1-10-8-12(17-18(10)2)14(21)19-7-3-4-11(9-19)13(20)16-6-5-15;/h8,11H,3-7,9,15H2,1-2H3,(H,16,20);1H. The number of aryl methyl sites for hydroxylation is 2. The minimum atomic E-state index is -0.154. The molecule has 22 heavy (non-hydrogen) atoms. The van der Waals surface area contributed by atoms with Crippen LogP contribution < -0.4 is 11.1 Å². The third-order valence-corrected chi connectivity index (χ3v) is 3.86. The van der Waals surface area contributed by atoms with Gasteiger partial charge < -0.3 is 16.0 Å². The van der Waals surface area contributed by atoms with Crippen LogP contribution in [0.15, 0.2) is 6.07 Å². The van der Waals surface area contributed by atoms with Gasteiger partial charge in [-0.15, -0.1) is 12.4 Å². The molecule has 2 amide bonds. The second kappa shape index (κ2) is 8.14. The number of rotatable bonds is 4. The molecule has 1 saturated heterocycles. The number of halogens is 1. The Kier molecular flexibility index (Phi) is 6.83. The van der Waals surface area contributed by atoms with E-state index in [9.17, 15) is 9.59 Å². The summed E-state index contributed by atoms with van der Waals surface area (Å²) in [6, 6.07) is 1.78. The van der Waals surface area contributed by atoms with Crippen LogP contribution in [0.5, 0.6) is 0 Å². The molecule has 0 radical (unpaired) electrons. The molecule has 1 unspecified atom stereocenters. The normalized spacial score (nSPS) is 17.8. The van der Waals surface area contributed by atoms with Crippen molar-refractivity contribution in [2.45, 2.75) is 19.8 Å². The van der Waals surface area contributed by atoms with Crippen LogP contribution in [0.1, 0.15) is 29.0 Å². The molecular formula is C14H24ClN5O2. The average molecular weight is 330 g/mol. The van der Waals surface area contributed by atoms with Crippen molar-refractivity contribution in [1.82, 2.24) is 20.0 Å². The zero-order chi connectivity index (χ0) is 15.4. The third kappa shape index (κ3) is 4.20. The Hall–Kier alpha value is -1.60. The first-order chi connectivity index (χ1) is 10.0. The molecule has 0 spiro atoms. The molecule has 2 heterocycles. The van der Waals surface area contributed by atoms with Gasteiger partial charge in [0.05, 0.1) is 5.92 Å². The fourth-order valence-electron chi connectivity index (χ4n) is 2.54. The summed E-state index contributed by atoms with van der Waals surface area (Å²) in [6.45, 7) is 3.93. The molecule has 1 aromatic rings. The molecular weight excluding hydrogens is 306 g/mol. The van der Waals surface area contributed by atoms with Gasteiger partial charge in [-0.3, -0.25) is 14.3 Å². The summed E-state index contributed by atoms with van der Waals surface area (Å²) in [6.07, 6.45) is 1.64. The van der Waals surface area contributed by atoms with E-state index < -0.39 is 0 Å². The number of hydrogen-bond acceptors (Lipinski definition) is 4. The zero-order valence-electron chi connectivity index (χ0n) is 13.0. The Balaban J connectivity index is 0.00000242. The average Bonchev–Trinajstić information content (AvgIpc) is 2.83. The van der Waals surface area contributed by atoms with E-state index in [1.165, 1.54) is 0 Å². The van der Waals surface area contributed by atoms with Gasteiger partial charge in [-0.05, 0) is 25.8 Å². The monoisotopic (exact) mass is 329 g/mol. The number of aromatic nitrogens is 2. The van der Waals surface area contributed by atoms with E-state index in [1.54, 1.807) is 15.6 Å². The van der Waals surface area contributed by atoms with Crippen molar-refractivity contribution in [2.75, 3.05) is 26.2 Å². The quantitative estimate of drug-likeness (QED) is 0.818. The van der Waals surface area contributed by atoms with Crippen molar-refractivity contribution < 1.29 is 9.59 Å². The molecule has 8 heteroatoms. The molecule has 2 rings (SSSR count). The van der Waals surface area contributed by atoms with Gasteiger partial charge in [0.15, 0.2) is 5.69 Å². The van der Waals surface area contributed by atoms with Gasteiger partial charge >= 0.3 is 0 Å².